The molecule has 0 aromatic heterocycles. The molecule has 0 aliphatic heterocycles. The maximum atomic E-state index is 11.2. The molecular formula is C15H26O4. The summed E-state index contributed by atoms with van der Waals surface area (Å²) in [6.07, 6.45) is 2.55. The largest absolute Gasteiger partial charge is 0.481 e. The summed E-state index contributed by atoms with van der Waals surface area (Å²) in [5.74, 6) is -2.02. The molecule has 0 spiro atoms. The first-order valence-corrected chi connectivity index (χ1v) is 6.69. The van der Waals surface area contributed by atoms with E-state index >= 15 is 0 Å². The average molecular weight is 270 g/mol. The Morgan fingerprint density at radius 2 is 1.58 bits per heavy atom. The number of carboxylic acid groups (broad SMARTS) is 2. The second-order valence-corrected chi connectivity index (χ2v) is 6.29. The molecule has 0 aromatic rings. The first-order chi connectivity index (χ1) is 8.57. The Balaban J connectivity index is 4.34. The average Bonchev–Trinajstić information content (AvgIpc) is 2.19. The quantitative estimate of drug-likeness (QED) is 0.546. The second kappa shape index (κ2) is 7.31. The monoisotopic (exact) mass is 270 g/mol. The van der Waals surface area contributed by atoms with Gasteiger partial charge in [0.15, 0.2) is 0 Å². The number of rotatable bonds is 7. The van der Waals surface area contributed by atoms with E-state index in [9.17, 15) is 14.7 Å². The highest BCUT2D eigenvalue weighted by Gasteiger charge is 2.30. The molecule has 0 aliphatic rings. The van der Waals surface area contributed by atoms with Gasteiger partial charge in [0.05, 0.1) is 5.92 Å². The Labute approximate surface area is 115 Å². The number of carboxylic acids is 2. The van der Waals surface area contributed by atoms with Crippen LogP contribution in [0.5, 0.6) is 0 Å². The number of allylic oxidation sites excluding steroid dienone is 1. The van der Waals surface area contributed by atoms with Crippen molar-refractivity contribution in [3.05, 3.63) is 11.1 Å². The van der Waals surface area contributed by atoms with Gasteiger partial charge in [0.25, 0.3) is 0 Å². The van der Waals surface area contributed by atoms with Gasteiger partial charge >= 0.3 is 11.9 Å². The molecule has 0 aliphatic carbocycles. The zero-order valence-electron chi connectivity index (χ0n) is 12.6. The molecule has 4 nitrogen and oxygen atoms in total. The third kappa shape index (κ3) is 6.41. The van der Waals surface area contributed by atoms with Gasteiger partial charge in [-0.25, -0.2) is 4.79 Å². The molecule has 0 amide bonds. The van der Waals surface area contributed by atoms with E-state index in [2.05, 4.69) is 0 Å². The lowest BCUT2D eigenvalue weighted by Gasteiger charge is -2.27. The van der Waals surface area contributed by atoms with Crippen molar-refractivity contribution in [2.45, 2.75) is 60.3 Å². The van der Waals surface area contributed by atoms with Crippen molar-refractivity contribution in [3.63, 3.8) is 0 Å². The summed E-state index contributed by atoms with van der Waals surface area (Å²) in [5, 5.41) is 18.2. The summed E-state index contributed by atoms with van der Waals surface area (Å²) >= 11 is 0. The van der Waals surface area contributed by atoms with Crippen LogP contribution in [0.4, 0.5) is 0 Å². The van der Waals surface area contributed by atoms with E-state index in [1.807, 2.05) is 20.8 Å². The lowest BCUT2D eigenvalue weighted by atomic mass is 9.78. The van der Waals surface area contributed by atoms with Crippen molar-refractivity contribution in [3.8, 4) is 0 Å². The smallest absolute Gasteiger partial charge is 0.331 e. The van der Waals surface area contributed by atoms with E-state index in [-0.39, 0.29) is 11.3 Å². The van der Waals surface area contributed by atoms with E-state index < -0.39 is 11.9 Å². The molecule has 110 valence electrons. The molecule has 0 heterocycles. The minimum Gasteiger partial charge on any atom is -0.481 e. The molecule has 0 radical (unpaired) electrons. The molecule has 0 bridgehead atoms. The Kier molecular flexibility index (Phi) is 6.81. The lowest BCUT2D eigenvalue weighted by molar-refractivity contribution is -0.146. The standard InChI is InChI=1S/C15H26O4/c1-10(2)11(13(16)17)8-6-7-9-12(14(18)19)15(3,4)5/h12H,6-9H2,1-5H3,(H,16,17)(H,18,19). The maximum Gasteiger partial charge on any atom is 0.331 e. The summed E-state index contributed by atoms with van der Waals surface area (Å²) < 4.78 is 0. The van der Waals surface area contributed by atoms with Gasteiger partial charge in [-0.15, -0.1) is 0 Å². The first kappa shape index (κ1) is 17.7. The number of aliphatic carboxylic acids is 2. The highest BCUT2D eigenvalue weighted by atomic mass is 16.4. The molecule has 0 saturated heterocycles. The molecule has 1 unspecified atom stereocenters. The van der Waals surface area contributed by atoms with E-state index in [4.69, 9.17) is 5.11 Å². The molecule has 2 N–H and O–H groups in total. The zero-order chi connectivity index (χ0) is 15.2. The molecule has 1 atom stereocenters. The van der Waals surface area contributed by atoms with Crippen LogP contribution >= 0.6 is 0 Å². The van der Waals surface area contributed by atoms with Crippen LogP contribution in [0.2, 0.25) is 0 Å². The van der Waals surface area contributed by atoms with Gasteiger partial charge in [0.2, 0.25) is 0 Å². The first-order valence-electron chi connectivity index (χ1n) is 6.69. The summed E-state index contributed by atoms with van der Waals surface area (Å²) in [6.45, 7) is 9.34. The number of unbranched alkanes of at least 4 members (excludes halogenated alkanes) is 1. The summed E-state index contributed by atoms with van der Waals surface area (Å²) in [7, 11) is 0. The highest BCUT2D eigenvalue weighted by Crippen LogP contribution is 2.30. The van der Waals surface area contributed by atoms with Crippen molar-refractivity contribution < 1.29 is 19.8 Å². The minimum absolute atomic E-state index is 0.266. The molecule has 0 saturated carbocycles. The minimum atomic E-state index is -0.870. The van der Waals surface area contributed by atoms with E-state index in [0.29, 0.717) is 24.8 Å². The zero-order valence-corrected chi connectivity index (χ0v) is 12.6. The molecular weight excluding hydrogens is 244 g/mol. The number of hydrogen-bond acceptors (Lipinski definition) is 2. The van der Waals surface area contributed by atoms with Crippen molar-refractivity contribution in [1.29, 1.82) is 0 Å². The predicted molar refractivity (Wildman–Crippen MR) is 75.1 cm³/mol. The van der Waals surface area contributed by atoms with Gasteiger partial charge in [0, 0.05) is 5.57 Å². The van der Waals surface area contributed by atoms with Gasteiger partial charge in [0.1, 0.15) is 0 Å². The summed E-state index contributed by atoms with van der Waals surface area (Å²) in [6, 6.07) is 0. The van der Waals surface area contributed by atoms with Crippen LogP contribution in [0, 0.1) is 11.3 Å². The fourth-order valence-electron chi connectivity index (χ4n) is 2.15. The van der Waals surface area contributed by atoms with Gasteiger partial charge in [-0.05, 0) is 38.5 Å². The Hall–Kier alpha value is -1.32. The topological polar surface area (TPSA) is 74.6 Å². The molecule has 0 aromatic carbocycles. The van der Waals surface area contributed by atoms with Gasteiger partial charge < -0.3 is 10.2 Å². The normalized spacial score (nSPS) is 12.9. The Morgan fingerprint density at radius 1 is 1.05 bits per heavy atom. The molecule has 4 heteroatoms. The SMILES string of the molecule is CC(C)=C(CCCCC(C(=O)O)C(C)(C)C)C(=O)O. The van der Waals surface area contributed by atoms with Crippen LogP contribution in [-0.2, 0) is 9.59 Å². The van der Waals surface area contributed by atoms with E-state index in [1.54, 1.807) is 13.8 Å². The molecule has 0 rings (SSSR count). The van der Waals surface area contributed by atoms with Crippen LogP contribution in [0.15, 0.2) is 11.1 Å². The van der Waals surface area contributed by atoms with Crippen LogP contribution in [0.25, 0.3) is 0 Å². The van der Waals surface area contributed by atoms with Crippen molar-refractivity contribution in [1.82, 2.24) is 0 Å². The number of carbonyl (C=O) groups is 2. The highest BCUT2D eigenvalue weighted by molar-refractivity contribution is 5.87. The van der Waals surface area contributed by atoms with Crippen molar-refractivity contribution >= 4 is 11.9 Å². The molecule has 0 fully saturated rings. The second-order valence-electron chi connectivity index (χ2n) is 6.29. The fraction of sp³-hybridized carbons (Fsp3) is 0.733. The van der Waals surface area contributed by atoms with Crippen LogP contribution < -0.4 is 0 Å². The van der Waals surface area contributed by atoms with Crippen molar-refractivity contribution in [2.75, 3.05) is 0 Å². The Bertz CT molecular complexity index is 357. The van der Waals surface area contributed by atoms with Crippen LogP contribution in [0.3, 0.4) is 0 Å². The predicted octanol–water partition coefficient (Wildman–Crippen LogP) is 3.71. The van der Waals surface area contributed by atoms with Crippen LogP contribution in [-0.4, -0.2) is 22.2 Å². The molecule has 19 heavy (non-hydrogen) atoms. The maximum absolute atomic E-state index is 11.2. The third-order valence-corrected chi connectivity index (χ3v) is 3.37. The third-order valence-electron chi connectivity index (χ3n) is 3.37. The van der Waals surface area contributed by atoms with Gasteiger partial charge in [-0.1, -0.05) is 32.8 Å². The van der Waals surface area contributed by atoms with Gasteiger partial charge in [-0.3, -0.25) is 4.79 Å². The Morgan fingerprint density at radius 3 is 1.89 bits per heavy atom. The summed E-state index contributed by atoms with van der Waals surface area (Å²) in [4.78, 5) is 22.2. The van der Waals surface area contributed by atoms with E-state index in [0.717, 1.165) is 12.0 Å². The van der Waals surface area contributed by atoms with Crippen molar-refractivity contribution in [2.24, 2.45) is 11.3 Å². The number of hydrogen-bond donors (Lipinski definition) is 2. The van der Waals surface area contributed by atoms with Gasteiger partial charge in [-0.2, -0.15) is 0 Å². The fourth-order valence-corrected chi connectivity index (χ4v) is 2.15. The van der Waals surface area contributed by atoms with Crippen LogP contribution in [0.1, 0.15) is 60.3 Å². The van der Waals surface area contributed by atoms with E-state index in [1.165, 1.54) is 0 Å². The lowest BCUT2D eigenvalue weighted by Crippen LogP contribution is -2.28. The summed E-state index contributed by atoms with van der Waals surface area (Å²) in [5.41, 5.74) is 0.999.